The van der Waals surface area contributed by atoms with Crippen LogP contribution in [0.15, 0.2) is 48.5 Å². The van der Waals surface area contributed by atoms with E-state index in [2.05, 4.69) is 5.32 Å². The van der Waals surface area contributed by atoms with Gasteiger partial charge in [0, 0.05) is 18.7 Å². The van der Waals surface area contributed by atoms with Gasteiger partial charge in [0.25, 0.3) is 5.69 Å². The second-order valence-corrected chi connectivity index (χ2v) is 6.54. The van der Waals surface area contributed by atoms with Crippen molar-refractivity contribution in [3.8, 4) is 0 Å². The summed E-state index contributed by atoms with van der Waals surface area (Å²) in [7, 11) is -4.54. The lowest BCUT2D eigenvalue weighted by atomic mass is 10.2. The molecule has 0 aliphatic carbocycles. The van der Waals surface area contributed by atoms with E-state index in [0.717, 1.165) is 0 Å². The predicted molar refractivity (Wildman–Crippen MR) is 81.1 cm³/mol. The van der Waals surface area contributed by atoms with E-state index in [1.165, 1.54) is 48.5 Å². The van der Waals surface area contributed by atoms with Crippen molar-refractivity contribution >= 4 is 13.3 Å². The summed E-state index contributed by atoms with van der Waals surface area (Å²) >= 11 is 0. The largest absolute Gasteiger partial charge is 0.346 e. The molecule has 1 atom stereocenters. The summed E-state index contributed by atoms with van der Waals surface area (Å²) in [6, 6.07) is 10.4. The van der Waals surface area contributed by atoms with Gasteiger partial charge >= 0.3 is 7.60 Å². The topological polar surface area (TPSA) is 113 Å². The summed E-state index contributed by atoms with van der Waals surface area (Å²) < 4.78 is 24.5. The molecule has 9 heteroatoms. The second kappa shape index (κ2) is 6.97. The van der Waals surface area contributed by atoms with Crippen molar-refractivity contribution in [1.82, 2.24) is 5.32 Å². The maximum absolute atomic E-state index is 12.8. The van der Waals surface area contributed by atoms with Gasteiger partial charge < -0.3 is 9.79 Å². The third kappa shape index (κ3) is 4.67. The lowest BCUT2D eigenvalue weighted by Gasteiger charge is -2.20. The zero-order chi connectivity index (χ0) is 17.0. The third-order valence-electron chi connectivity index (χ3n) is 3.17. The molecule has 0 saturated carbocycles. The molecule has 122 valence electrons. The van der Waals surface area contributed by atoms with Gasteiger partial charge in [0.05, 0.1) is 4.92 Å². The van der Waals surface area contributed by atoms with Crippen LogP contribution in [0.1, 0.15) is 16.9 Å². The molecule has 23 heavy (non-hydrogen) atoms. The fourth-order valence-electron chi connectivity index (χ4n) is 2.03. The minimum absolute atomic E-state index is 0.104. The van der Waals surface area contributed by atoms with Crippen LogP contribution in [0, 0.1) is 15.9 Å². The van der Waals surface area contributed by atoms with Crippen molar-refractivity contribution < 1.29 is 23.7 Å². The number of benzene rings is 2. The lowest BCUT2D eigenvalue weighted by molar-refractivity contribution is -0.384. The van der Waals surface area contributed by atoms with Gasteiger partial charge in [0.1, 0.15) is 11.6 Å². The summed E-state index contributed by atoms with van der Waals surface area (Å²) in [4.78, 5) is 29.0. The van der Waals surface area contributed by atoms with Crippen molar-refractivity contribution in [1.29, 1.82) is 0 Å². The zero-order valence-corrected chi connectivity index (χ0v) is 12.7. The first-order chi connectivity index (χ1) is 10.8. The van der Waals surface area contributed by atoms with E-state index in [-0.39, 0.29) is 17.8 Å². The first-order valence-corrected chi connectivity index (χ1v) is 8.23. The quantitative estimate of drug-likeness (QED) is 0.423. The van der Waals surface area contributed by atoms with Crippen molar-refractivity contribution in [2.45, 2.75) is 12.3 Å². The molecule has 0 aromatic heterocycles. The molecule has 2 aromatic carbocycles. The predicted octanol–water partition coefficient (Wildman–Crippen LogP) is 2.70. The molecule has 0 aliphatic heterocycles. The first kappa shape index (κ1) is 17.2. The fraction of sp³-hybridized carbons (Fsp3) is 0.143. The van der Waals surface area contributed by atoms with Gasteiger partial charge in [-0.05, 0) is 35.4 Å². The van der Waals surface area contributed by atoms with Crippen molar-refractivity contribution in [2.75, 3.05) is 0 Å². The number of nitrogens with one attached hydrogen (secondary N) is 1. The highest BCUT2D eigenvalue weighted by molar-refractivity contribution is 7.52. The number of nitro groups is 1. The molecule has 7 nitrogen and oxygen atoms in total. The van der Waals surface area contributed by atoms with E-state index in [1.807, 2.05) is 0 Å². The molecule has 0 saturated heterocycles. The lowest BCUT2D eigenvalue weighted by Crippen LogP contribution is -2.21. The normalized spacial score (nSPS) is 12.8. The molecule has 1 unspecified atom stereocenters. The van der Waals surface area contributed by atoms with Crippen LogP contribution in [0.5, 0.6) is 0 Å². The number of hydrogen-bond acceptors (Lipinski definition) is 4. The Kier molecular flexibility index (Phi) is 5.23. The van der Waals surface area contributed by atoms with Gasteiger partial charge in [-0.25, -0.2) is 4.39 Å². The number of nitrogens with zero attached hydrogens (tertiary/aromatic N) is 1. The Bertz CT molecular complexity index is 730. The summed E-state index contributed by atoms with van der Waals surface area (Å²) in [5, 5.41) is 13.3. The maximum Gasteiger partial charge on any atom is 0.346 e. The highest BCUT2D eigenvalue weighted by Gasteiger charge is 2.30. The fourth-order valence-corrected chi connectivity index (χ4v) is 2.92. The van der Waals surface area contributed by atoms with Gasteiger partial charge in [-0.2, -0.15) is 0 Å². The van der Waals surface area contributed by atoms with Crippen LogP contribution in [-0.4, -0.2) is 14.7 Å². The monoisotopic (exact) mass is 340 g/mol. The number of hydrogen-bond donors (Lipinski definition) is 3. The smallest absolute Gasteiger partial charge is 0.323 e. The van der Waals surface area contributed by atoms with Crippen molar-refractivity contribution in [2.24, 2.45) is 0 Å². The van der Waals surface area contributed by atoms with E-state index in [1.54, 1.807) is 0 Å². The minimum atomic E-state index is -4.54. The molecule has 2 aromatic rings. The van der Waals surface area contributed by atoms with Crippen LogP contribution < -0.4 is 5.32 Å². The third-order valence-corrected chi connectivity index (χ3v) is 4.32. The Morgan fingerprint density at radius 2 is 1.70 bits per heavy atom. The first-order valence-electron chi connectivity index (χ1n) is 6.55. The Morgan fingerprint density at radius 3 is 2.17 bits per heavy atom. The van der Waals surface area contributed by atoms with E-state index in [9.17, 15) is 28.9 Å². The van der Waals surface area contributed by atoms with Crippen LogP contribution in [0.4, 0.5) is 10.1 Å². The Morgan fingerprint density at radius 1 is 1.13 bits per heavy atom. The summed E-state index contributed by atoms with van der Waals surface area (Å²) in [5.41, 5.74) is 0.703. The average molecular weight is 340 g/mol. The van der Waals surface area contributed by atoms with Crippen molar-refractivity contribution in [3.05, 3.63) is 75.6 Å². The molecule has 0 heterocycles. The maximum atomic E-state index is 12.8. The SMILES string of the molecule is O=[N+]([O-])c1ccc(C(NCc2ccc(F)cc2)P(=O)(O)O)cc1. The molecule has 0 fully saturated rings. The van der Waals surface area contributed by atoms with Gasteiger partial charge in [-0.15, -0.1) is 0 Å². The highest BCUT2D eigenvalue weighted by Crippen LogP contribution is 2.50. The van der Waals surface area contributed by atoms with E-state index >= 15 is 0 Å². The standard InChI is InChI=1S/C14H14FN2O5P/c15-12-5-1-10(2-6-12)9-16-14(23(20,21)22)11-3-7-13(8-4-11)17(18)19/h1-8,14,16H,9H2,(H2,20,21,22). The number of rotatable bonds is 6. The zero-order valence-electron chi connectivity index (χ0n) is 11.8. The molecule has 0 spiro atoms. The van der Waals surface area contributed by atoms with E-state index in [4.69, 9.17) is 0 Å². The molecule has 0 amide bonds. The number of non-ortho nitro benzene ring substituents is 1. The van der Waals surface area contributed by atoms with Crippen LogP contribution >= 0.6 is 7.60 Å². The molecule has 0 radical (unpaired) electrons. The molecular weight excluding hydrogens is 326 g/mol. The highest BCUT2D eigenvalue weighted by atomic mass is 31.2. The average Bonchev–Trinajstić information content (AvgIpc) is 2.48. The van der Waals surface area contributed by atoms with Gasteiger partial charge in [0.2, 0.25) is 0 Å². The van der Waals surface area contributed by atoms with Crippen LogP contribution in [0.2, 0.25) is 0 Å². The minimum Gasteiger partial charge on any atom is -0.323 e. The molecule has 2 rings (SSSR count). The van der Waals surface area contributed by atoms with Gasteiger partial charge in [-0.3, -0.25) is 20.0 Å². The van der Waals surface area contributed by atoms with E-state index in [0.29, 0.717) is 5.56 Å². The Labute approximate surface area is 131 Å². The van der Waals surface area contributed by atoms with Gasteiger partial charge in [-0.1, -0.05) is 12.1 Å². The summed E-state index contributed by atoms with van der Waals surface area (Å²) in [5.74, 6) is -1.72. The Hall–Kier alpha value is -2.12. The molecule has 3 N–H and O–H groups in total. The summed E-state index contributed by atoms with van der Waals surface area (Å²) in [6.07, 6.45) is 0. The Balaban J connectivity index is 2.18. The molecule has 0 aliphatic rings. The second-order valence-electron chi connectivity index (χ2n) is 4.85. The van der Waals surface area contributed by atoms with E-state index < -0.39 is 24.1 Å². The number of halogens is 1. The van der Waals surface area contributed by atoms with Crippen LogP contribution in [0.3, 0.4) is 0 Å². The summed E-state index contributed by atoms with van der Waals surface area (Å²) in [6.45, 7) is 0.104. The molecule has 0 bridgehead atoms. The van der Waals surface area contributed by atoms with Crippen LogP contribution in [-0.2, 0) is 11.1 Å². The van der Waals surface area contributed by atoms with Crippen LogP contribution in [0.25, 0.3) is 0 Å². The van der Waals surface area contributed by atoms with Gasteiger partial charge in [0.15, 0.2) is 0 Å². The van der Waals surface area contributed by atoms with Crippen molar-refractivity contribution in [3.63, 3.8) is 0 Å². The number of nitro benzene ring substituents is 1. The molecular formula is C14H14FN2O5P.